The van der Waals surface area contributed by atoms with E-state index < -0.39 is 0 Å². The van der Waals surface area contributed by atoms with Crippen LogP contribution in [0.5, 0.6) is 0 Å². The highest BCUT2D eigenvalue weighted by molar-refractivity contribution is 5.97. The van der Waals surface area contributed by atoms with Crippen LogP contribution in [0.15, 0.2) is 91.0 Å². The number of nitrogens with zero attached hydrogens (tertiary/aromatic N) is 2. The molecule has 0 unspecified atom stereocenters. The highest BCUT2D eigenvalue weighted by atomic mass is 16.1. The molecule has 0 amide bonds. The first-order valence-corrected chi connectivity index (χ1v) is 9.96. The van der Waals surface area contributed by atoms with Crippen molar-refractivity contribution in [3.63, 3.8) is 0 Å². The van der Waals surface area contributed by atoms with E-state index in [1.165, 1.54) is 11.1 Å². The number of benzene rings is 3. The van der Waals surface area contributed by atoms with Gasteiger partial charge < -0.3 is 0 Å². The lowest BCUT2D eigenvalue weighted by Gasteiger charge is -2.39. The number of carbonyl (C=O) groups is 1. The maximum absolute atomic E-state index is 12.5. The van der Waals surface area contributed by atoms with Crippen LogP contribution in [0.3, 0.4) is 0 Å². The van der Waals surface area contributed by atoms with Crippen LogP contribution in [0.25, 0.3) is 0 Å². The Morgan fingerprint density at radius 2 is 1.14 bits per heavy atom. The van der Waals surface area contributed by atoms with Crippen LogP contribution in [-0.4, -0.2) is 48.3 Å². The molecule has 0 spiro atoms. The molecule has 0 atom stereocenters. The monoisotopic (exact) mass is 370 g/mol. The summed E-state index contributed by atoms with van der Waals surface area (Å²) in [7, 11) is 0. The summed E-state index contributed by atoms with van der Waals surface area (Å²) in [5.74, 6) is 0.205. The molecule has 0 bridgehead atoms. The van der Waals surface area contributed by atoms with E-state index in [9.17, 15) is 4.79 Å². The van der Waals surface area contributed by atoms with Gasteiger partial charge >= 0.3 is 0 Å². The van der Waals surface area contributed by atoms with Crippen LogP contribution >= 0.6 is 0 Å². The van der Waals surface area contributed by atoms with E-state index in [0.717, 1.165) is 31.7 Å². The van der Waals surface area contributed by atoms with Gasteiger partial charge in [0.15, 0.2) is 5.78 Å². The molecule has 0 N–H and O–H groups in total. The van der Waals surface area contributed by atoms with Crippen molar-refractivity contribution >= 4 is 5.78 Å². The summed E-state index contributed by atoms with van der Waals surface area (Å²) >= 11 is 0. The molecular formula is C25H26N2O. The number of rotatable bonds is 6. The van der Waals surface area contributed by atoms with Gasteiger partial charge in [0.05, 0.1) is 12.6 Å². The number of ketones is 1. The number of hydrogen-bond acceptors (Lipinski definition) is 3. The van der Waals surface area contributed by atoms with Gasteiger partial charge in [-0.15, -0.1) is 0 Å². The summed E-state index contributed by atoms with van der Waals surface area (Å²) in [6.45, 7) is 4.23. The Balaban J connectivity index is 1.44. The number of hydrogen-bond donors (Lipinski definition) is 0. The summed E-state index contributed by atoms with van der Waals surface area (Å²) in [6.07, 6.45) is 0. The molecule has 3 nitrogen and oxygen atoms in total. The van der Waals surface area contributed by atoms with Crippen LogP contribution in [0.4, 0.5) is 0 Å². The Morgan fingerprint density at radius 1 is 0.679 bits per heavy atom. The van der Waals surface area contributed by atoms with Crippen LogP contribution in [0, 0.1) is 0 Å². The first-order chi connectivity index (χ1) is 13.8. The smallest absolute Gasteiger partial charge is 0.176 e. The van der Waals surface area contributed by atoms with Crippen molar-refractivity contribution in [1.29, 1.82) is 0 Å². The van der Waals surface area contributed by atoms with Crippen molar-refractivity contribution in [3.05, 3.63) is 108 Å². The fraction of sp³-hybridized carbons (Fsp3) is 0.240. The topological polar surface area (TPSA) is 23.6 Å². The molecule has 1 fully saturated rings. The maximum atomic E-state index is 12.5. The minimum absolute atomic E-state index is 0.205. The molecule has 0 radical (unpaired) electrons. The van der Waals surface area contributed by atoms with E-state index in [1.54, 1.807) is 0 Å². The maximum Gasteiger partial charge on any atom is 0.176 e. The Kier molecular flexibility index (Phi) is 5.95. The molecule has 4 rings (SSSR count). The second-order valence-corrected chi connectivity index (χ2v) is 7.33. The minimum atomic E-state index is 0.205. The summed E-state index contributed by atoms with van der Waals surface area (Å²) in [4.78, 5) is 17.3. The van der Waals surface area contributed by atoms with E-state index in [-0.39, 0.29) is 11.8 Å². The fourth-order valence-corrected chi connectivity index (χ4v) is 3.98. The third-order valence-electron chi connectivity index (χ3n) is 5.47. The summed E-state index contributed by atoms with van der Waals surface area (Å²) in [6, 6.07) is 31.3. The predicted molar refractivity (Wildman–Crippen MR) is 114 cm³/mol. The van der Waals surface area contributed by atoms with Crippen molar-refractivity contribution < 1.29 is 4.79 Å². The lowest BCUT2D eigenvalue weighted by atomic mass is 9.96. The van der Waals surface area contributed by atoms with Crippen molar-refractivity contribution in [3.8, 4) is 0 Å². The molecule has 3 aromatic carbocycles. The summed E-state index contributed by atoms with van der Waals surface area (Å²) in [5, 5.41) is 0. The minimum Gasteiger partial charge on any atom is -0.293 e. The number of Topliss-reactive ketones (excluding diaryl/α,β-unsaturated/α-hetero) is 1. The van der Waals surface area contributed by atoms with Gasteiger partial charge in [0.1, 0.15) is 0 Å². The van der Waals surface area contributed by atoms with E-state index >= 15 is 0 Å². The highest BCUT2D eigenvalue weighted by Gasteiger charge is 2.27. The molecule has 1 heterocycles. The van der Waals surface area contributed by atoms with Crippen molar-refractivity contribution in [1.82, 2.24) is 9.80 Å². The molecule has 0 saturated carbocycles. The first-order valence-electron chi connectivity index (χ1n) is 9.96. The van der Waals surface area contributed by atoms with Gasteiger partial charge in [0.2, 0.25) is 0 Å². The van der Waals surface area contributed by atoms with E-state index in [2.05, 4.69) is 70.5 Å². The third kappa shape index (κ3) is 4.38. The van der Waals surface area contributed by atoms with Gasteiger partial charge in [-0.3, -0.25) is 14.6 Å². The molecule has 142 valence electrons. The van der Waals surface area contributed by atoms with Gasteiger partial charge in [0.25, 0.3) is 0 Å². The van der Waals surface area contributed by atoms with E-state index in [0.29, 0.717) is 6.54 Å². The molecule has 28 heavy (non-hydrogen) atoms. The molecule has 0 aliphatic carbocycles. The largest absolute Gasteiger partial charge is 0.293 e. The standard InChI is InChI=1S/C25H26N2O/c28-24(21-10-4-1-5-11-21)20-26-16-18-27(19-17-26)25(22-12-6-2-7-13-22)23-14-8-3-9-15-23/h1-15,25H,16-20H2. The van der Waals surface area contributed by atoms with Gasteiger partial charge in [-0.2, -0.15) is 0 Å². The zero-order valence-corrected chi connectivity index (χ0v) is 16.1. The molecular weight excluding hydrogens is 344 g/mol. The third-order valence-corrected chi connectivity index (χ3v) is 5.47. The Morgan fingerprint density at radius 3 is 1.64 bits per heavy atom. The average Bonchev–Trinajstić information content (AvgIpc) is 2.77. The van der Waals surface area contributed by atoms with Crippen molar-refractivity contribution in [2.75, 3.05) is 32.7 Å². The van der Waals surface area contributed by atoms with Gasteiger partial charge in [0, 0.05) is 31.7 Å². The average molecular weight is 370 g/mol. The van der Waals surface area contributed by atoms with Crippen LogP contribution in [-0.2, 0) is 0 Å². The Bertz CT molecular complexity index is 833. The first kappa shape index (κ1) is 18.6. The van der Waals surface area contributed by atoms with Gasteiger partial charge in [-0.05, 0) is 11.1 Å². The van der Waals surface area contributed by atoms with Crippen LogP contribution < -0.4 is 0 Å². The molecule has 3 aromatic rings. The normalized spacial score (nSPS) is 15.6. The van der Waals surface area contributed by atoms with E-state index in [1.807, 2.05) is 30.3 Å². The summed E-state index contributed by atoms with van der Waals surface area (Å²) in [5.41, 5.74) is 3.45. The molecule has 1 aliphatic heterocycles. The van der Waals surface area contributed by atoms with Crippen molar-refractivity contribution in [2.24, 2.45) is 0 Å². The highest BCUT2D eigenvalue weighted by Crippen LogP contribution is 2.29. The number of piperazine rings is 1. The fourth-order valence-electron chi connectivity index (χ4n) is 3.98. The quantitative estimate of drug-likeness (QED) is 0.605. The lowest BCUT2D eigenvalue weighted by molar-refractivity contribution is 0.0808. The second kappa shape index (κ2) is 8.96. The molecule has 1 aliphatic rings. The zero-order valence-electron chi connectivity index (χ0n) is 16.1. The van der Waals surface area contributed by atoms with Crippen LogP contribution in [0.1, 0.15) is 27.5 Å². The second-order valence-electron chi connectivity index (χ2n) is 7.33. The lowest BCUT2D eigenvalue weighted by Crippen LogP contribution is -2.49. The van der Waals surface area contributed by atoms with E-state index in [4.69, 9.17) is 0 Å². The van der Waals surface area contributed by atoms with Crippen LogP contribution in [0.2, 0.25) is 0 Å². The molecule has 1 saturated heterocycles. The summed E-state index contributed by atoms with van der Waals surface area (Å²) < 4.78 is 0. The van der Waals surface area contributed by atoms with Crippen molar-refractivity contribution in [2.45, 2.75) is 6.04 Å². The Labute approximate surface area is 167 Å². The zero-order chi connectivity index (χ0) is 19.2. The molecule has 0 aromatic heterocycles. The SMILES string of the molecule is O=C(CN1CCN(C(c2ccccc2)c2ccccc2)CC1)c1ccccc1. The van der Waals surface area contributed by atoms with Gasteiger partial charge in [-0.25, -0.2) is 0 Å². The molecule has 3 heteroatoms. The predicted octanol–water partition coefficient (Wildman–Crippen LogP) is 4.28. The van der Waals surface area contributed by atoms with Gasteiger partial charge in [-0.1, -0.05) is 91.0 Å². The number of carbonyl (C=O) groups excluding carboxylic acids is 1. The Hall–Kier alpha value is -2.75.